The maximum absolute atomic E-state index is 4.78. The number of guanidine groups is 1. The number of thiazole rings is 2. The number of aryl methyl sites for hydroxylation is 1. The lowest BCUT2D eigenvalue weighted by molar-refractivity contribution is 0.787. The van der Waals surface area contributed by atoms with Gasteiger partial charge in [0.05, 0.1) is 10.7 Å². The van der Waals surface area contributed by atoms with Gasteiger partial charge in [0.15, 0.2) is 11.1 Å². The van der Waals surface area contributed by atoms with Gasteiger partial charge in [-0.25, -0.2) is 9.97 Å². The Labute approximate surface area is 163 Å². The van der Waals surface area contributed by atoms with Crippen molar-refractivity contribution in [1.29, 1.82) is 0 Å². The summed E-state index contributed by atoms with van der Waals surface area (Å²) in [6.07, 6.45) is 6.32. The molecule has 1 aliphatic heterocycles. The highest BCUT2D eigenvalue weighted by atomic mass is 32.1. The number of aliphatic imine (C=N–C) groups is 1. The molecule has 2 N–H and O–H groups in total. The lowest BCUT2D eigenvalue weighted by Gasteiger charge is -2.12. The van der Waals surface area contributed by atoms with E-state index in [1.54, 1.807) is 22.7 Å². The van der Waals surface area contributed by atoms with E-state index in [4.69, 9.17) is 4.98 Å². The van der Waals surface area contributed by atoms with E-state index in [0.717, 1.165) is 56.5 Å². The second kappa shape index (κ2) is 9.87. The molecule has 0 aromatic carbocycles. The number of rotatable bonds is 8. The van der Waals surface area contributed by atoms with E-state index in [2.05, 4.69) is 44.7 Å². The Balaban J connectivity index is 1.43. The number of nitrogens with one attached hydrogen (secondary N) is 2. The van der Waals surface area contributed by atoms with Gasteiger partial charge in [0.1, 0.15) is 0 Å². The Hall–Kier alpha value is -1.67. The molecule has 1 fully saturated rings. The molecule has 3 rings (SSSR count). The number of hydrogen-bond donors (Lipinski definition) is 2. The summed E-state index contributed by atoms with van der Waals surface area (Å²) < 4.78 is 0. The van der Waals surface area contributed by atoms with E-state index in [1.807, 2.05) is 6.20 Å². The monoisotopic (exact) mass is 392 g/mol. The second-order valence-corrected chi connectivity index (χ2v) is 8.52. The topological polar surface area (TPSA) is 65.4 Å². The van der Waals surface area contributed by atoms with Crippen molar-refractivity contribution in [3.63, 3.8) is 0 Å². The van der Waals surface area contributed by atoms with Crippen LogP contribution in [0.3, 0.4) is 0 Å². The van der Waals surface area contributed by atoms with Crippen LogP contribution in [0.1, 0.15) is 35.3 Å². The summed E-state index contributed by atoms with van der Waals surface area (Å²) in [4.78, 5) is 17.5. The highest BCUT2D eigenvalue weighted by molar-refractivity contribution is 7.13. The van der Waals surface area contributed by atoms with Crippen LogP contribution in [0, 0.1) is 6.92 Å². The molecule has 0 bridgehead atoms. The Morgan fingerprint density at radius 1 is 1.27 bits per heavy atom. The van der Waals surface area contributed by atoms with Crippen molar-refractivity contribution in [1.82, 2.24) is 20.6 Å². The highest BCUT2D eigenvalue weighted by Crippen LogP contribution is 2.24. The molecular weight excluding hydrogens is 364 g/mol. The first-order chi connectivity index (χ1) is 12.7. The Morgan fingerprint density at radius 3 is 2.85 bits per heavy atom. The van der Waals surface area contributed by atoms with E-state index >= 15 is 0 Å². The summed E-state index contributed by atoms with van der Waals surface area (Å²) in [5, 5.41) is 11.2. The lowest BCUT2D eigenvalue weighted by atomic mass is 10.3. The number of hydrogen-bond acceptors (Lipinski definition) is 6. The van der Waals surface area contributed by atoms with Crippen molar-refractivity contribution in [2.24, 2.45) is 4.99 Å². The minimum atomic E-state index is 0.748. The van der Waals surface area contributed by atoms with Gasteiger partial charge in [-0.3, -0.25) is 4.99 Å². The normalized spacial score (nSPS) is 14.8. The Bertz CT molecular complexity index is 702. The van der Waals surface area contributed by atoms with Crippen molar-refractivity contribution >= 4 is 33.8 Å². The molecule has 8 heteroatoms. The summed E-state index contributed by atoms with van der Waals surface area (Å²) in [6, 6.07) is 0. The fourth-order valence-corrected chi connectivity index (χ4v) is 4.59. The average molecular weight is 393 g/mol. The first-order valence-electron chi connectivity index (χ1n) is 9.37. The van der Waals surface area contributed by atoms with Crippen molar-refractivity contribution in [2.45, 2.75) is 39.5 Å². The summed E-state index contributed by atoms with van der Waals surface area (Å²) in [6.45, 7) is 8.93. The molecule has 2 aromatic heterocycles. The van der Waals surface area contributed by atoms with Crippen LogP contribution < -0.4 is 15.5 Å². The molecule has 6 nitrogen and oxygen atoms in total. The summed E-state index contributed by atoms with van der Waals surface area (Å²) in [5.74, 6) is 0.871. The standard InChI is InChI=1S/C18H28N6S2/c1-3-19-17(21-9-7-16-22-12-14(2)26-16)20-8-6-15-13-25-18(23-15)24-10-4-5-11-24/h12-13H,3-11H2,1-2H3,(H2,19,20,21). The fraction of sp³-hybridized carbons (Fsp3) is 0.611. The van der Waals surface area contributed by atoms with Crippen LogP contribution in [0.2, 0.25) is 0 Å². The molecule has 3 heterocycles. The molecule has 0 amide bonds. The second-order valence-electron chi connectivity index (χ2n) is 6.37. The van der Waals surface area contributed by atoms with Gasteiger partial charge in [-0.15, -0.1) is 22.7 Å². The smallest absolute Gasteiger partial charge is 0.191 e. The van der Waals surface area contributed by atoms with E-state index in [1.165, 1.54) is 28.5 Å². The largest absolute Gasteiger partial charge is 0.357 e. The predicted octanol–water partition coefficient (Wildman–Crippen LogP) is 2.85. The molecule has 2 aromatic rings. The van der Waals surface area contributed by atoms with Crippen LogP contribution in [-0.4, -0.2) is 48.7 Å². The zero-order valence-electron chi connectivity index (χ0n) is 15.6. The quantitative estimate of drug-likeness (QED) is 0.534. The molecule has 1 saturated heterocycles. The van der Waals surface area contributed by atoms with Gasteiger partial charge in [-0.1, -0.05) is 0 Å². The van der Waals surface area contributed by atoms with Crippen LogP contribution >= 0.6 is 22.7 Å². The van der Waals surface area contributed by atoms with Gasteiger partial charge in [0.25, 0.3) is 0 Å². The molecule has 0 atom stereocenters. The van der Waals surface area contributed by atoms with Gasteiger partial charge < -0.3 is 15.5 Å². The van der Waals surface area contributed by atoms with E-state index < -0.39 is 0 Å². The number of anilines is 1. The SMILES string of the molecule is CCNC(=NCCc1ncc(C)s1)NCCc1csc(N2CCCC2)n1. The number of aromatic nitrogens is 2. The zero-order chi connectivity index (χ0) is 18.2. The molecule has 1 aliphatic rings. The molecule has 0 unspecified atom stereocenters. The van der Waals surface area contributed by atoms with Crippen LogP contribution in [0.15, 0.2) is 16.6 Å². The van der Waals surface area contributed by atoms with Crippen LogP contribution in [-0.2, 0) is 12.8 Å². The maximum Gasteiger partial charge on any atom is 0.191 e. The molecule has 0 radical (unpaired) electrons. The zero-order valence-corrected chi connectivity index (χ0v) is 17.3. The first kappa shape index (κ1) is 19.1. The third kappa shape index (κ3) is 5.67. The van der Waals surface area contributed by atoms with Gasteiger partial charge in [0, 0.05) is 62.0 Å². The third-order valence-corrected chi connectivity index (χ3v) is 6.12. The minimum Gasteiger partial charge on any atom is -0.357 e. The first-order valence-corrected chi connectivity index (χ1v) is 11.1. The van der Waals surface area contributed by atoms with Crippen molar-refractivity contribution in [3.8, 4) is 0 Å². The molecule has 142 valence electrons. The molecule has 0 spiro atoms. The van der Waals surface area contributed by atoms with Crippen molar-refractivity contribution in [2.75, 3.05) is 37.6 Å². The Kier molecular flexibility index (Phi) is 7.25. The lowest BCUT2D eigenvalue weighted by Crippen LogP contribution is -2.38. The van der Waals surface area contributed by atoms with Crippen LogP contribution in [0.5, 0.6) is 0 Å². The van der Waals surface area contributed by atoms with E-state index in [-0.39, 0.29) is 0 Å². The summed E-state index contributed by atoms with van der Waals surface area (Å²) >= 11 is 3.51. The van der Waals surface area contributed by atoms with E-state index in [9.17, 15) is 0 Å². The van der Waals surface area contributed by atoms with Gasteiger partial charge in [0.2, 0.25) is 0 Å². The molecular formula is C18H28N6S2. The fourth-order valence-electron chi connectivity index (χ4n) is 2.90. The summed E-state index contributed by atoms with van der Waals surface area (Å²) in [7, 11) is 0. The number of nitrogens with zero attached hydrogens (tertiary/aromatic N) is 4. The highest BCUT2D eigenvalue weighted by Gasteiger charge is 2.15. The molecule has 26 heavy (non-hydrogen) atoms. The molecule has 0 saturated carbocycles. The maximum atomic E-state index is 4.78. The summed E-state index contributed by atoms with van der Waals surface area (Å²) in [5.41, 5.74) is 1.17. The Morgan fingerprint density at radius 2 is 2.12 bits per heavy atom. The van der Waals surface area contributed by atoms with Gasteiger partial charge >= 0.3 is 0 Å². The van der Waals surface area contributed by atoms with Gasteiger partial charge in [-0.05, 0) is 26.7 Å². The van der Waals surface area contributed by atoms with Crippen molar-refractivity contribution < 1.29 is 0 Å². The van der Waals surface area contributed by atoms with E-state index in [0.29, 0.717) is 0 Å². The minimum absolute atomic E-state index is 0.748. The third-order valence-electron chi connectivity index (χ3n) is 4.20. The van der Waals surface area contributed by atoms with Crippen molar-refractivity contribution in [3.05, 3.63) is 27.2 Å². The average Bonchev–Trinajstić information content (AvgIpc) is 3.36. The van der Waals surface area contributed by atoms with Crippen LogP contribution in [0.25, 0.3) is 0 Å². The predicted molar refractivity (Wildman–Crippen MR) is 112 cm³/mol. The molecule has 0 aliphatic carbocycles. The van der Waals surface area contributed by atoms with Gasteiger partial charge in [-0.2, -0.15) is 0 Å². The van der Waals surface area contributed by atoms with Crippen LogP contribution in [0.4, 0.5) is 5.13 Å².